The third-order valence-electron chi connectivity index (χ3n) is 2.20. The van der Waals surface area contributed by atoms with Crippen LogP contribution in [0.15, 0.2) is 18.2 Å². The Bertz CT molecular complexity index is 557. The maximum atomic E-state index is 11.8. The van der Waals surface area contributed by atoms with E-state index in [9.17, 15) is 18.3 Å². The number of phenols is 1. The van der Waals surface area contributed by atoms with Crippen molar-refractivity contribution < 1.29 is 23.1 Å². The average molecular weight is 294 g/mol. The van der Waals surface area contributed by atoms with E-state index in [4.69, 9.17) is 11.6 Å². The van der Waals surface area contributed by atoms with Gasteiger partial charge in [-0.1, -0.05) is 11.6 Å². The van der Waals surface area contributed by atoms with E-state index in [2.05, 4.69) is 9.46 Å². The van der Waals surface area contributed by atoms with Gasteiger partial charge in [0.1, 0.15) is 5.75 Å². The van der Waals surface area contributed by atoms with E-state index in [1.165, 1.54) is 19.1 Å². The Morgan fingerprint density at radius 1 is 1.50 bits per heavy atom. The van der Waals surface area contributed by atoms with Crippen molar-refractivity contribution in [1.82, 2.24) is 0 Å². The molecule has 6 nitrogen and oxygen atoms in total. The molecule has 0 saturated heterocycles. The number of halogens is 1. The van der Waals surface area contributed by atoms with Gasteiger partial charge in [-0.05, 0) is 19.1 Å². The second kappa shape index (κ2) is 5.45. The molecule has 1 aromatic rings. The largest absolute Gasteiger partial charge is 0.506 e. The van der Waals surface area contributed by atoms with Crippen LogP contribution < -0.4 is 4.72 Å². The first-order valence-corrected chi connectivity index (χ1v) is 6.78. The molecule has 18 heavy (non-hydrogen) atoms. The van der Waals surface area contributed by atoms with Crippen molar-refractivity contribution in [2.45, 2.75) is 12.2 Å². The van der Waals surface area contributed by atoms with Gasteiger partial charge in [-0.25, -0.2) is 8.42 Å². The van der Waals surface area contributed by atoms with Crippen LogP contribution in [-0.2, 0) is 19.6 Å². The van der Waals surface area contributed by atoms with E-state index in [0.717, 1.165) is 13.2 Å². The van der Waals surface area contributed by atoms with Gasteiger partial charge in [0.05, 0.1) is 17.8 Å². The summed E-state index contributed by atoms with van der Waals surface area (Å²) in [7, 11) is -2.83. The van der Waals surface area contributed by atoms with Crippen LogP contribution >= 0.6 is 11.6 Å². The maximum Gasteiger partial charge on any atom is 0.325 e. The molecule has 1 atom stereocenters. The van der Waals surface area contributed by atoms with Crippen LogP contribution in [0, 0.1) is 0 Å². The number of carbonyl (C=O) groups is 1. The lowest BCUT2D eigenvalue weighted by Crippen LogP contribution is -2.33. The van der Waals surface area contributed by atoms with E-state index in [0.29, 0.717) is 0 Å². The Labute approximate surface area is 110 Å². The molecule has 0 aromatic heterocycles. The van der Waals surface area contributed by atoms with Crippen molar-refractivity contribution in [2.75, 3.05) is 11.8 Å². The van der Waals surface area contributed by atoms with Crippen molar-refractivity contribution in [3.05, 3.63) is 23.2 Å². The highest BCUT2D eigenvalue weighted by Crippen LogP contribution is 2.27. The number of nitrogens with one attached hydrogen (secondary N) is 1. The Morgan fingerprint density at radius 3 is 2.61 bits per heavy atom. The molecule has 100 valence electrons. The molecule has 0 aliphatic carbocycles. The summed E-state index contributed by atoms with van der Waals surface area (Å²) in [5.74, 6) is -1.14. The van der Waals surface area contributed by atoms with Gasteiger partial charge in [-0.15, -0.1) is 0 Å². The third kappa shape index (κ3) is 3.27. The van der Waals surface area contributed by atoms with Gasteiger partial charge in [0.25, 0.3) is 0 Å². The molecule has 0 saturated carbocycles. The summed E-state index contributed by atoms with van der Waals surface area (Å²) in [4.78, 5) is 11.2. The van der Waals surface area contributed by atoms with E-state index in [1.807, 2.05) is 0 Å². The highest BCUT2D eigenvalue weighted by molar-refractivity contribution is 7.94. The molecule has 0 aliphatic heterocycles. The zero-order valence-corrected chi connectivity index (χ0v) is 11.2. The molecule has 0 radical (unpaired) electrons. The third-order valence-corrected chi connectivity index (χ3v) is 4.17. The van der Waals surface area contributed by atoms with Crippen molar-refractivity contribution in [1.29, 1.82) is 0 Å². The predicted octanol–water partition coefficient (Wildman–Crippen LogP) is 1.35. The molecule has 0 spiro atoms. The average Bonchev–Trinajstić information content (AvgIpc) is 2.31. The van der Waals surface area contributed by atoms with Crippen LogP contribution in [0.1, 0.15) is 6.92 Å². The summed E-state index contributed by atoms with van der Waals surface area (Å²) in [6.07, 6.45) is 0. The second-order valence-corrected chi connectivity index (χ2v) is 5.89. The number of hydrogen-bond acceptors (Lipinski definition) is 5. The van der Waals surface area contributed by atoms with Gasteiger partial charge < -0.3 is 9.84 Å². The quantitative estimate of drug-likeness (QED) is 0.817. The number of ether oxygens (including phenoxy) is 1. The van der Waals surface area contributed by atoms with Gasteiger partial charge >= 0.3 is 5.97 Å². The van der Waals surface area contributed by atoms with Crippen LogP contribution in [0.2, 0.25) is 5.02 Å². The topological polar surface area (TPSA) is 92.7 Å². The van der Waals surface area contributed by atoms with Crippen LogP contribution in [0.5, 0.6) is 5.75 Å². The van der Waals surface area contributed by atoms with E-state index >= 15 is 0 Å². The Morgan fingerprint density at radius 2 is 2.11 bits per heavy atom. The van der Waals surface area contributed by atoms with Gasteiger partial charge in [-0.2, -0.15) is 0 Å². The summed E-state index contributed by atoms with van der Waals surface area (Å²) in [5.41, 5.74) is 0.104. The minimum absolute atomic E-state index is 0.0963. The summed E-state index contributed by atoms with van der Waals surface area (Å²) in [5, 5.41) is 8.07. The lowest BCUT2D eigenvalue weighted by molar-refractivity contribution is -0.139. The highest BCUT2D eigenvalue weighted by Gasteiger charge is 2.28. The van der Waals surface area contributed by atoms with Crippen molar-refractivity contribution in [3.63, 3.8) is 0 Å². The fourth-order valence-electron chi connectivity index (χ4n) is 1.12. The maximum absolute atomic E-state index is 11.8. The normalized spacial score (nSPS) is 12.8. The minimum Gasteiger partial charge on any atom is -0.506 e. The molecule has 0 bridgehead atoms. The molecule has 1 aromatic carbocycles. The number of anilines is 1. The molecule has 0 amide bonds. The summed E-state index contributed by atoms with van der Waals surface area (Å²) in [6.45, 7) is 1.20. The van der Waals surface area contributed by atoms with Crippen LogP contribution in [0.3, 0.4) is 0 Å². The first-order chi connectivity index (χ1) is 8.27. The summed E-state index contributed by atoms with van der Waals surface area (Å²) < 4.78 is 30.0. The number of carbonyl (C=O) groups excluding carboxylic acids is 1. The number of sulfonamides is 1. The first-order valence-electron chi connectivity index (χ1n) is 4.86. The predicted molar refractivity (Wildman–Crippen MR) is 67.1 cm³/mol. The van der Waals surface area contributed by atoms with Crippen molar-refractivity contribution in [2.24, 2.45) is 0 Å². The summed E-state index contributed by atoms with van der Waals surface area (Å²) >= 11 is 5.59. The van der Waals surface area contributed by atoms with Crippen molar-refractivity contribution >= 4 is 33.3 Å². The molecule has 2 N–H and O–H groups in total. The number of aromatic hydroxyl groups is 1. The zero-order valence-electron chi connectivity index (χ0n) is 9.68. The fourth-order valence-corrected chi connectivity index (χ4v) is 2.22. The van der Waals surface area contributed by atoms with Gasteiger partial charge in [-0.3, -0.25) is 9.52 Å². The van der Waals surface area contributed by atoms with Crippen LogP contribution in [0.4, 0.5) is 5.69 Å². The second-order valence-electron chi connectivity index (χ2n) is 3.48. The lowest BCUT2D eigenvalue weighted by atomic mass is 10.3. The van der Waals surface area contributed by atoms with E-state index < -0.39 is 21.2 Å². The first kappa shape index (κ1) is 14.6. The number of hydrogen-bond donors (Lipinski definition) is 2. The molecule has 8 heteroatoms. The minimum atomic E-state index is -3.93. The van der Waals surface area contributed by atoms with E-state index in [-0.39, 0.29) is 16.5 Å². The zero-order chi connectivity index (χ0) is 13.9. The Kier molecular flexibility index (Phi) is 4.42. The SMILES string of the molecule is COC(=O)C(C)S(=O)(=O)Nc1ccc(Cl)c(O)c1. The number of benzene rings is 1. The number of methoxy groups -OCH3 is 1. The molecule has 0 aliphatic rings. The fraction of sp³-hybridized carbons (Fsp3) is 0.300. The van der Waals surface area contributed by atoms with Crippen LogP contribution in [0.25, 0.3) is 0 Å². The van der Waals surface area contributed by atoms with Crippen LogP contribution in [-0.4, -0.2) is 31.9 Å². The molecule has 1 unspecified atom stereocenters. The van der Waals surface area contributed by atoms with Gasteiger partial charge in [0.15, 0.2) is 5.25 Å². The van der Waals surface area contributed by atoms with E-state index in [1.54, 1.807) is 0 Å². The molecular weight excluding hydrogens is 282 g/mol. The number of phenolic OH excluding ortho intramolecular Hbond substituents is 1. The van der Waals surface area contributed by atoms with Gasteiger partial charge in [0, 0.05) is 6.07 Å². The lowest BCUT2D eigenvalue weighted by Gasteiger charge is -2.13. The standard InChI is InChI=1S/C10H12ClNO5S/c1-6(10(14)17-2)18(15,16)12-7-3-4-8(11)9(13)5-7/h3-6,12-13H,1-2H3. The van der Waals surface area contributed by atoms with Crippen molar-refractivity contribution in [3.8, 4) is 5.75 Å². The van der Waals surface area contributed by atoms with Gasteiger partial charge in [0.2, 0.25) is 10.0 Å². The molecular formula is C10H12ClNO5S. The monoisotopic (exact) mass is 293 g/mol. The summed E-state index contributed by atoms with van der Waals surface area (Å²) in [6, 6.07) is 3.84. The molecule has 0 fully saturated rings. The Balaban J connectivity index is 2.95. The molecule has 0 heterocycles. The number of rotatable bonds is 4. The smallest absolute Gasteiger partial charge is 0.325 e. The number of esters is 1. The molecule has 1 rings (SSSR count). The highest BCUT2D eigenvalue weighted by atomic mass is 35.5. The Hall–Kier alpha value is -1.47.